The van der Waals surface area contributed by atoms with Crippen molar-refractivity contribution in [3.05, 3.63) is 59.7 Å². The molecule has 24 heavy (non-hydrogen) atoms. The number of rotatable bonds is 4. The van der Waals surface area contributed by atoms with Gasteiger partial charge in [0, 0.05) is 18.2 Å². The highest BCUT2D eigenvalue weighted by molar-refractivity contribution is 5.76. The Morgan fingerprint density at radius 3 is 2.71 bits per heavy atom. The molecule has 0 radical (unpaired) electrons. The summed E-state index contributed by atoms with van der Waals surface area (Å²) in [5, 5.41) is 0. The van der Waals surface area contributed by atoms with E-state index < -0.39 is 12.0 Å². The maximum Gasteiger partial charge on any atom is 0.323 e. The van der Waals surface area contributed by atoms with E-state index >= 15 is 0 Å². The van der Waals surface area contributed by atoms with Crippen LogP contribution in [0.2, 0.25) is 0 Å². The smallest absolute Gasteiger partial charge is 0.323 e. The van der Waals surface area contributed by atoms with Crippen LogP contribution in [-0.2, 0) is 16.0 Å². The van der Waals surface area contributed by atoms with Crippen molar-refractivity contribution in [1.82, 2.24) is 9.38 Å². The van der Waals surface area contributed by atoms with Gasteiger partial charge in [-0.15, -0.1) is 0 Å². The van der Waals surface area contributed by atoms with E-state index in [2.05, 4.69) is 4.98 Å². The van der Waals surface area contributed by atoms with Crippen LogP contribution in [0.25, 0.3) is 16.9 Å². The van der Waals surface area contributed by atoms with Crippen LogP contribution in [0.5, 0.6) is 0 Å². The Morgan fingerprint density at radius 1 is 1.33 bits per heavy atom. The van der Waals surface area contributed by atoms with Gasteiger partial charge in [0.05, 0.1) is 18.5 Å². The van der Waals surface area contributed by atoms with Gasteiger partial charge in [0.1, 0.15) is 17.5 Å². The lowest BCUT2D eigenvalue weighted by Gasteiger charge is -2.11. The second kappa shape index (κ2) is 6.41. The molecule has 0 fully saturated rings. The van der Waals surface area contributed by atoms with Crippen LogP contribution in [0.15, 0.2) is 42.6 Å². The molecule has 1 unspecified atom stereocenters. The van der Waals surface area contributed by atoms with E-state index in [0.717, 1.165) is 22.5 Å². The zero-order valence-corrected chi connectivity index (χ0v) is 13.5. The van der Waals surface area contributed by atoms with Gasteiger partial charge in [0.2, 0.25) is 0 Å². The summed E-state index contributed by atoms with van der Waals surface area (Å²) in [4.78, 5) is 16.3. The summed E-state index contributed by atoms with van der Waals surface area (Å²) >= 11 is 0. The molecule has 0 saturated carbocycles. The summed E-state index contributed by atoms with van der Waals surface area (Å²) in [5.74, 6) is -0.798. The topological polar surface area (TPSA) is 69.6 Å². The number of ether oxygens (including phenoxy) is 1. The van der Waals surface area contributed by atoms with E-state index in [1.54, 1.807) is 12.1 Å². The van der Waals surface area contributed by atoms with Crippen LogP contribution < -0.4 is 5.73 Å². The van der Waals surface area contributed by atoms with E-state index in [1.807, 2.05) is 29.7 Å². The molecule has 2 heterocycles. The Bertz CT molecular complexity index is 887. The van der Waals surface area contributed by atoms with Crippen molar-refractivity contribution >= 4 is 11.6 Å². The molecular formula is C18H18FN3O2. The van der Waals surface area contributed by atoms with E-state index in [9.17, 15) is 9.18 Å². The fourth-order valence-corrected chi connectivity index (χ4v) is 2.67. The maximum atomic E-state index is 13.2. The minimum Gasteiger partial charge on any atom is -0.468 e. The molecule has 3 rings (SSSR count). The average molecular weight is 327 g/mol. The zero-order chi connectivity index (χ0) is 17.3. The molecule has 0 amide bonds. The quantitative estimate of drug-likeness (QED) is 0.748. The highest BCUT2D eigenvalue weighted by Crippen LogP contribution is 2.26. The number of esters is 1. The number of imidazole rings is 1. The molecule has 0 aliphatic heterocycles. The summed E-state index contributed by atoms with van der Waals surface area (Å²) in [6.07, 6.45) is 2.16. The van der Waals surface area contributed by atoms with Crippen molar-refractivity contribution in [3.8, 4) is 11.3 Å². The number of aromatic nitrogens is 2. The van der Waals surface area contributed by atoms with Crippen LogP contribution >= 0.6 is 0 Å². The average Bonchev–Trinajstić information content (AvgIpc) is 2.92. The third-order valence-corrected chi connectivity index (χ3v) is 3.92. The Balaban J connectivity index is 2.14. The van der Waals surface area contributed by atoms with Gasteiger partial charge in [-0.05, 0) is 48.9 Å². The summed E-state index contributed by atoms with van der Waals surface area (Å²) in [6.45, 7) is 1.98. The summed E-state index contributed by atoms with van der Waals surface area (Å²) in [6, 6.07) is 9.20. The second-order valence-electron chi connectivity index (χ2n) is 5.68. The molecule has 1 aromatic carbocycles. The lowest BCUT2D eigenvalue weighted by Crippen LogP contribution is -2.34. The molecular weight excluding hydrogens is 309 g/mol. The lowest BCUT2D eigenvalue weighted by atomic mass is 10.1. The number of nitrogens with zero attached hydrogens (tertiary/aromatic N) is 2. The molecule has 2 aromatic heterocycles. The van der Waals surface area contributed by atoms with Crippen LogP contribution in [0.1, 0.15) is 11.3 Å². The van der Waals surface area contributed by atoms with Crippen molar-refractivity contribution in [2.45, 2.75) is 19.4 Å². The van der Waals surface area contributed by atoms with E-state index in [0.29, 0.717) is 5.69 Å². The molecule has 124 valence electrons. The molecule has 0 saturated heterocycles. The Morgan fingerprint density at radius 2 is 2.04 bits per heavy atom. The number of methoxy groups -OCH3 is 1. The first-order valence-corrected chi connectivity index (χ1v) is 7.56. The molecule has 2 N–H and O–H groups in total. The van der Waals surface area contributed by atoms with Gasteiger partial charge in [-0.1, -0.05) is 0 Å². The number of aryl methyl sites for hydroxylation is 1. The molecule has 0 aliphatic carbocycles. The van der Waals surface area contributed by atoms with Crippen molar-refractivity contribution in [1.29, 1.82) is 0 Å². The normalized spacial score (nSPS) is 12.3. The standard InChI is InChI=1S/C18H18FN3O2/c1-11-7-8-22-15(10-14(20)18(23)24-2)17(21-16(22)9-11)12-3-5-13(19)6-4-12/h3-9,14H,10,20H2,1-2H3. The Kier molecular flexibility index (Phi) is 4.31. The largest absolute Gasteiger partial charge is 0.468 e. The SMILES string of the molecule is COC(=O)C(N)Cc1c(-c2ccc(F)cc2)nc2cc(C)ccn12. The minimum absolute atomic E-state index is 0.267. The van der Waals surface area contributed by atoms with Crippen molar-refractivity contribution < 1.29 is 13.9 Å². The minimum atomic E-state index is -0.796. The first kappa shape index (κ1) is 16.1. The summed E-state index contributed by atoms with van der Waals surface area (Å²) in [5.41, 5.74) is 9.99. The summed E-state index contributed by atoms with van der Waals surface area (Å²) in [7, 11) is 1.31. The fraction of sp³-hybridized carbons (Fsp3) is 0.222. The van der Waals surface area contributed by atoms with Gasteiger partial charge in [-0.2, -0.15) is 0 Å². The monoisotopic (exact) mass is 327 g/mol. The summed E-state index contributed by atoms with van der Waals surface area (Å²) < 4.78 is 19.8. The van der Waals surface area contributed by atoms with Gasteiger partial charge in [0.15, 0.2) is 0 Å². The van der Waals surface area contributed by atoms with Crippen LogP contribution in [0.4, 0.5) is 4.39 Å². The highest BCUT2D eigenvalue weighted by atomic mass is 19.1. The number of hydrogen-bond donors (Lipinski definition) is 1. The maximum absolute atomic E-state index is 13.2. The molecule has 0 spiro atoms. The van der Waals surface area contributed by atoms with Crippen LogP contribution in [0.3, 0.4) is 0 Å². The molecule has 1 atom stereocenters. The number of fused-ring (bicyclic) bond motifs is 1. The van der Waals surface area contributed by atoms with Crippen molar-refractivity contribution in [3.63, 3.8) is 0 Å². The van der Waals surface area contributed by atoms with Gasteiger partial charge < -0.3 is 14.9 Å². The van der Waals surface area contributed by atoms with Gasteiger partial charge in [-0.3, -0.25) is 4.79 Å². The van der Waals surface area contributed by atoms with E-state index in [4.69, 9.17) is 10.5 Å². The number of benzene rings is 1. The number of pyridine rings is 1. The van der Waals surface area contributed by atoms with Gasteiger partial charge in [-0.25, -0.2) is 9.37 Å². The Labute approximate surface area is 138 Å². The fourth-order valence-electron chi connectivity index (χ4n) is 2.67. The third-order valence-electron chi connectivity index (χ3n) is 3.92. The number of halogens is 1. The third kappa shape index (κ3) is 3.00. The van der Waals surface area contributed by atoms with Crippen LogP contribution in [-0.4, -0.2) is 28.5 Å². The highest BCUT2D eigenvalue weighted by Gasteiger charge is 2.21. The van der Waals surface area contributed by atoms with Gasteiger partial charge in [0.25, 0.3) is 0 Å². The van der Waals surface area contributed by atoms with Crippen molar-refractivity contribution in [2.24, 2.45) is 5.73 Å². The number of nitrogens with two attached hydrogens (primary N) is 1. The predicted octanol–water partition coefficient (Wildman–Crippen LogP) is 2.49. The lowest BCUT2D eigenvalue weighted by molar-refractivity contribution is -0.142. The molecule has 0 bridgehead atoms. The molecule has 6 heteroatoms. The van der Waals surface area contributed by atoms with Gasteiger partial charge >= 0.3 is 5.97 Å². The number of carbonyl (C=O) groups is 1. The van der Waals surface area contributed by atoms with Crippen molar-refractivity contribution in [2.75, 3.05) is 7.11 Å². The molecule has 5 nitrogen and oxygen atoms in total. The Hall–Kier alpha value is -2.73. The number of carbonyl (C=O) groups excluding carboxylic acids is 1. The first-order chi connectivity index (χ1) is 11.5. The van der Waals surface area contributed by atoms with E-state index in [-0.39, 0.29) is 12.2 Å². The number of hydrogen-bond acceptors (Lipinski definition) is 4. The van der Waals surface area contributed by atoms with Crippen LogP contribution in [0, 0.1) is 12.7 Å². The second-order valence-corrected chi connectivity index (χ2v) is 5.68. The van der Waals surface area contributed by atoms with E-state index in [1.165, 1.54) is 19.2 Å². The first-order valence-electron chi connectivity index (χ1n) is 7.56. The molecule has 3 aromatic rings. The molecule has 0 aliphatic rings. The predicted molar refractivity (Wildman–Crippen MR) is 89.0 cm³/mol. The zero-order valence-electron chi connectivity index (χ0n) is 13.5.